The maximum Gasteiger partial charge on any atom is 0.321 e. The Morgan fingerprint density at radius 1 is 1.12 bits per heavy atom. The van der Waals surface area contributed by atoms with Crippen LogP contribution in [-0.2, 0) is 22.7 Å². The maximum absolute atomic E-state index is 12.9. The van der Waals surface area contributed by atoms with Crippen LogP contribution in [0.25, 0.3) is 0 Å². The Hall–Kier alpha value is -2.88. The topological polar surface area (TPSA) is 109 Å². The van der Waals surface area contributed by atoms with Crippen molar-refractivity contribution in [1.82, 2.24) is 30.3 Å². The zero-order valence-corrected chi connectivity index (χ0v) is 19.4. The van der Waals surface area contributed by atoms with Crippen LogP contribution in [0.15, 0.2) is 35.5 Å². The SMILES string of the molecule is CCNC(=O)NC(=O)[C@@H](Sc1nnc(CN2CCCCCC2=O)n1CC)c1ccccc1. The average molecular weight is 459 g/mol. The molecule has 2 aromatic rings. The standard InChI is InChI=1S/C22H30N6O3S/c1-3-23-21(31)24-20(30)19(16-11-7-5-8-12-16)32-22-26-25-17(28(22)4-2)15-27-14-10-6-9-13-18(27)29/h5,7-8,11-12,19H,3-4,6,9-10,13-15H2,1-2H3,(H2,23,24,30,31)/t19-/m0/s1. The van der Waals surface area contributed by atoms with Gasteiger partial charge < -0.3 is 14.8 Å². The van der Waals surface area contributed by atoms with E-state index in [1.165, 1.54) is 11.8 Å². The Bertz CT molecular complexity index is 933. The number of thioether (sulfide) groups is 1. The molecule has 1 fully saturated rings. The monoisotopic (exact) mass is 458 g/mol. The number of rotatable bonds is 8. The Morgan fingerprint density at radius 2 is 1.91 bits per heavy atom. The highest BCUT2D eigenvalue weighted by Gasteiger charge is 2.27. The van der Waals surface area contributed by atoms with Crippen LogP contribution in [0.5, 0.6) is 0 Å². The van der Waals surface area contributed by atoms with Crippen molar-refractivity contribution < 1.29 is 14.4 Å². The number of carbonyl (C=O) groups is 3. The number of nitrogens with one attached hydrogen (secondary N) is 2. The molecular weight excluding hydrogens is 428 g/mol. The summed E-state index contributed by atoms with van der Waals surface area (Å²) in [4.78, 5) is 39.1. The first kappa shape index (κ1) is 23.8. The molecule has 1 saturated heterocycles. The predicted molar refractivity (Wildman–Crippen MR) is 122 cm³/mol. The van der Waals surface area contributed by atoms with Crippen LogP contribution in [0.2, 0.25) is 0 Å². The van der Waals surface area contributed by atoms with E-state index in [4.69, 9.17) is 0 Å². The molecule has 3 rings (SSSR count). The molecule has 10 heteroatoms. The summed E-state index contributed by atoms with van der Waals surface area (Å²) < 4.78 is 1.93. The van der Waals surface area contributed by atoms with Crippen LogP contribution >= 0.6 is 11.8 Å². The van der Waals surface area contributed by atoms with Gasteiger partial charge in [-0.2, -0.15) is 0 Å². The lowest BCUT2D eigenvalue weighted by atomic mass is 10.1. The highest BCUT2D eigenvalue weighted by molar-refractivity contribution is 8.00. The molecule has 1 aromatic heterocycles. The number of nitrogens with zero attached hydrogens (tertiary/aromatic N) is 4. The van der Waals surface area contributed by atoms with Crippen LogP contribution in [0.4, 0.5) is 4.79 Å². The van der Waals surface area contributed by atoms with Crippen molar-refractivity contribution in [2.45, 2.75) is 63.0 Å². The molecular formula is C22H30N6O3S. The molecule has 1 aromatic carbocycles. The van der Waals surface area contributed by atoms with Crippen LogP contribution < -0.4 is 10.6 Å². The Morgan fingerprint density at radius 3 is 2.62 bits per heavy atom. The molecule has 0 saturated carbocycles. The molecule has 4 amide bonds. The second-order valence-electron chi connectivity index (χ2n) is 7.53. The number of hydrogen-bond acceptors (Lipinski definition) is 6. The van der Waals surface area contributed by atoms with E-state index in [0.717, 1.165) is 31.4 Å². The zero-order chi connectivity index (χ0) is 22.9. The Labute approximate surface area is 192 Å². The lowest BCUT2D eigenvalue weighted by Crippen LogP contribution is -2.41. The van der Waals surface area contributed by atoms with E-state index < -0.39 is 17.2 Å². The van der Waals surface area contributed by atoms with Gasteiger partial charge in [-0.1, -0.05) is 48.5 Å². The summed E-state index contributed by atoms with van der Waals surface area (Å²) in [5.74, 6) is 0.411. The van der Waals surface area contributed by atoms with Crippen molar-refractivity contribution in [3.8, 4) is 0 Å². The highest BCUT2D eigenvalue weighted by Crippen LogP contribution is 2.35. The van der Waals surface area contributed by atoms with Crippen molar-refractivity contribution >= 4 is 29.6 Å². The fourth-order valence-electron chi connectivity index (χ4n) is 3.61. The first-order valence-electron chi connectivity index (χ1n) is 11.0. The van der Waals surface area contributed by atoms with E-state index in [9.17, 15) is 14.4 Å². The molecule has 1 atom stereocenters. The van der Waals surface area contributed by atoms with Crippen LogP contribution in [0, 0.1) is 0 Å². The minimum atomic E-state index is -0.680. The van der Waals surface area contributed by atoms with Gasteiger partial charge in [0.05, 0.1) is 6.54 Å². The Balaban J connectivity index is 1.82. The van der Waals surface area contributed by atoms with Gasteiger partial charge in [0.15, 0.2) is 11.0 Å². The highest BCUT2D eigenvalue weighted by atomic mass is 32.2. The number of carbonyl (C=O) groups excluding carboxylic acids is 3. The minimum absolute atomic E-state index is 0.144. The lowest BCUT2D eigenvalue weighted by Gasteiger charge is -2.20. The third-order valence-corrected chi connectivity index (χ3v) is 6.49. The number of aromatic nitrogens is 3. The second-order valence-corrected chi connectivity index (χ2v) is 8.60. The third-order valence-electron chi connectivity index (χ3n) is 5.25. The molecule has 2 heterocycles. The van der Waals surface area contributed by atoms with E-state index >= 15 is 0 Å². The summed E-state index contributed by atoms with van der Waals surface area (Å²) in [5.41, 5.74) is 0.759. The number of likely N-dealkylation sites (tertiary alicyclic amines) is 1. The predicted octanol–water partition coefficient (Wildman–Crippen LogP) is 2.88. The number of benzene rings is 1. The van der Waals surface area contributed by atoms with Crippen molar-refractivity contribution in [3.05, 3.63) is 41.7 Å². The van der Waals surface area contributed by atoms with Crippen molar-refractivity contribution in [1.29, 1.82) is 0 Å². The molecule has 172 valence electrons. The first-order chi connectivity index (χ1) is 15.5. The number of hydrogen-bond donors (Lipinski definition) is 2. The van der Waals surface area contributed by atoms with Crippen LogP contribution in [0.1, 0.15) is 56.2 Å². The molecule has 9 nitrogen and oxygen atoms in total. The van der Waals surface area contributed by atoms with Crippen molar-refractivity contribution in [2.24, 2.45) is 0 Å². The van der Waals surface area contributed by atoms with Crippen LogP contribution in [0.3, 0.4) is 0 Å². The second kappa shape index (κ2) is 11.7. The summed E-state index contributed by atoms with van der Waals surface area (Å²) in [5, 5.41) is 13.5. The first-order valence-corrected chi connectivity index (χ1v) is 11.9. The molecule has 0 radical (unpaired) electrons. The number of imide groups is 1. The van der Waals surface area contributed by atoms with Gasteiger partial charge in [0.1, 0.15) is 5.25 Å². The van der Waals surface area contributed by atoms with E-state index in [1.54, 1.807) is 6.92 Å². The van der Waals surface area contributed by atoms with Gasteiger partial charge in [0, 0.05) is 26.1 Å². The number of urea groups is 1. The summed E-state index contributed by atoms with van der Waals surface area (Å²) in [6.45, 7) is 5.92. The minimum Gasteiger partial charge on any atom is -0.338 e. The molecule has 1 aliphatic heterocycles. The molecule has 0 unspecified atom stereocenters. The van der Waals surface area contributed by atoms with Gasteiger partial charge in [-0.05, 0) is 32.3 Å². The Kier molecular flexibility index (Phi) is 8.66. The van der Waals surface area contributed by atoms with Crippen LogP contribution in [-0.4, -0.2) is 50.6 Å². The molecule has 0 spiro atoms. The van der Waals surface area contributed by atoms with Gasteiger partial charge in [0.2, 0.25) is 11.8 Å². The lowest BCUT2D eigenvalue weighted by molar-refractivity contribution is -0.131. The largest absolute Gasteiger partial charge is 0.338 e. The average Bonchev–Trinajstić information content (AvgIpc) is 3.05. The van der Waals surface area contributed by atoms with Crippen molar-refractivity contribution in [2.75, 3.05) is 13.1 Å². The summed E-state index contributed by atoms with van der Waals surface area (Å²) in [6.07, 6.45) is 3.54. The third kappa shape index (κ3) is 6.09. The summed E-state index contributed by atoms with van der Waals surface area (Å²) in [6, 6.07) is 8.73. The summed E-state index contributed by atoms with van der Waals surface area (Å²) in [7, 11) is 0. The molecule has 2 N–H and O–H groups in total. The van der Waals surface area contributed by atoms with E-state index in [2.05, 4.69) is 20.8 Å². The van der Waals surface area contributed by atoms with Gasteiger partial charge >= 0.3 is 6.03 Å². The van der Waals surface area contributed by atoms with E-state index in [-0.39, 0.29) is 5.91 Å². The van der Waals surface area contributed by atoms with Gasteiger partial charge in [-0.3, -0.25) is 14.9 Å². The van der Waals surface area contributed by atoms with E-state index in [1.807, 2.05) is 46.7 Å². The molecule has 32 heavy (non-hydrogen) atoms. The maximum atomic E-state index is 12.9. The quantitative estimate of drug-likeness (QED) is 0.589. The van der Waals surface area contributed by atoms with E-state index in [0.29, 0.717) is 37.0 Å². The van der Waals surface area contributed by atoms with Gasteiger partial charge in [-0.15, -0.1) is 10.2 Å². The normalized spacial score (nSPS) is 15.2. The zero-order valence-electron chi connectivity index (χ0n) is 18.5. The van der Waals surface area contributed by atoms with Crippen molar-refractivity contribution in [3.63, 3.8) is 0 Å². The molecule has 0 bridgehead atoms. The molecule has 1 aliphatic rings. The smallest absolute Gasteiger partial charge is 0.321 e. The summed E-state index contributed by atoms with van der Waals surface area (Å²) >= 11 is 1.24. The fraction of sp³-hybridized carbons (Fsp3) is 0.500. The number of amides is 4. The van der Waals surface area contributed by atoms with Gasteiger partial charge in [-0.25, -0.2) is 4.79 Å². The molecule has 0 aliphatic carbocycles. The fourth-order valence-corrected chi connectivity index (χ4v) is 4.73. The van der Waals surface area contributed by atoms with Gasteiger partial charge in [0.25, 0.3) is 0 Å².